The second kappa shape index (κ2) is 9.21. The lowest BCUT2D eigenvalue weighted by Crippen LogP contribution is -2.16. The number of halogens is 1. The fraction of sp³-hybridized carbons (Fsp3) is 0.273. The number of nitro groups is 1. The van der Waals surface area contributed by atoms with E-state index in [9.17, 15) is 14.9 Å². The van der Waals surface area contributed by atoms with E-state index in [1.807, 2.05) is 36.7 Å². The normalized spacial score (nSPS) is 11.1. The summed E-state index contributed by atoms with van der Waals surface area (Å²) in [6.45, 7) is 7.97. The number of aromatic nitrogens is 5. The Bertz CT molecular complexity index is 1400. The first-order valence-electron chi connectivity index (χ1n) is 10.4. The van der Waals surface area contributed by atoms with Gasteiger partial charge in [-0.2, -0.15) is 9.78 Å². The summed E-state index contributed by atoms with van der Waals surface area (Å²) in [7, 11) is 0. The number of benzene rings is 1. The Morgan fingerprint density at radius 3 is 2.56 bits per heavy atom. The monoisotopic (exact) mass is 527 g/mol. The van der Waals surface area contributed by atoms with Crippen molar-refractivity contribution in [2.75, 3.05) is 5.32 Å². The molecule has 1 N–H and O–H groups in total. The van der Waals surface area contributed by atoms with Crippen LogP contribution in [0.4, 0.5) is 11.5 Å². The first-order chi connectivity index (χ1) is 16.1. The van der Waals surface area contributed by atoms with Crippen LogP contribution in [0.1, 0.15) is 44.5 Å². The van der Waals surface area contributed by atoms with Crippen molar-refractivity contribution >= 4 is 33.3 Å². The van der Waals surface area contributed by atoms with E-state index in [0.717, 1.165) is 21.4 Å². The predicted octanol–water partition coefficient (Wildman–Crippen LogP) is 4.32. The van der Waals surface area contributed by atoms with Gasteiger partial charge in [-0.05, 0) is 66.2 Å². The van der Waals surface area contributed by atoms with Crippen LogP contribution < -0.4 is 5.32 Å². The van der Waals surface area contributed by atoms with Crippen molar-refractivity contribution in [3.05, 3.63) is 84.6 Å². The molecule has 0 unspecified atom stereocenters. The van der Waals surface area contributed by atoms with Crippen LogP contribution in [-0.2, 0) is 13.1 Å². The highest BCUT2D eigenvalue weighted by molar-refractivity contribution is 9.10. The van der Waals surface area contributed by atoms with Gasteiger partial charge in [-0.15, -0.1) is 0 Å². The summed E-state index contributed by atoms with van der Waals surface area (Å²) in [5.41, 5.74) is 4.68. The Labute approximate surface area is 203 Å². The molecule has 0 saturated carbocycles. The van der Waals surface area contributed by atoms with Gasteiger partial charge in [-0.1, -0.05) is 17.3 Å². The highest BCUT2D eigenvalue weighted by Gasteiger charge is 2.24. The smallest absolute Gasteiger partial charge is 0.361 e. The number of aryl methyl sites for hydroxylation is 3. The van der Waals surface area contributed by atoms with Crippen LogP contribution >= 0.6 is 15.9 Å². The molecular formula is C22H22BrN7O4. The van der Waals surface area contributed by atoms with Crippen LogP contribution in [0.5, 0.6) is 0 Å². The highest BCUT2D eigenvalue weighted by Crippen LogP contribution is 2.22. The Morgan fingerprint density at radius 2 is 1.91 bits per heavy atom. The molecule has 0 fully saturated rings. The van der Waals surface area contributed by atoms with E-state index in [4.69, 9.17) is 4.52 Å². The zero-order valence-electron chi connectivity index (χ0n) is 19.0. The Balaban J connectivity index is 1.53. The molecule has 0 spiro atoms. The minimum absolute atomic E-state index is 0.0999. The van der Waals surface area contributed by atoms with Crippen LogP contribution in [0.3, 0.4) is 0 Å². The molecule has 3 aromatic heterocycles. The fourth-order valence-corrected chi connectivity index (χ4v) is 3.87. The van der Waals surface area contributed by atoms with Crippen LogP contribution in [0, 0.1) is 37.8 Å². The van der Waals surface area contributed by atoms with Crippen molar-refractivity contribution in [3.8, 4) is 0 Å². The van der Waals surface area contributed by atoms with E-state index in [1.165, 1.54) is 10.7 Å². The van der Waals surface area contributed by atoms with Gasteiger partial charge in [0.1, 0.15) is 5.76 Å². The number of carbonyl (C=O) groups excluding carboxylic acids is 1. The van der Waals surface area contributed by atoms with Gasteiger partial charge in [0.15, 0.2) is 5.69 Å². The van der Waals surface area contributed by atoms with Gasteiger partial charge < -0.3 is 20.0 Å². The third-order valence-corrected chi connectivity index (χ3v) is 6.62. The van der Waals surface area contributed by atoms with Crippen molar-refractivity contribution in [2.24, 2.45) is 0 Å². The van der Waals surface area contributed by atoms with E-state index in [1.54, 1.807) is 19.9 Å². The molecule has 12 heteroatoms. The maximum absolute atomic E-state index is 13.0. The van der Waals surface area contributed by atoms with Crippen molar-refractivity contribution in [3.63, 3.8) is 0 Å². The topological polar surface area (TPSA) is 134 Å². The van der Waals surface area contributed by atoms with Gasteiger partial charge in [-0.25, -0.2) is 0 Å². The van der Waals surface area contributed by atoms with Crippen molar-refractivity contribution in [1.29, 1.82) is 0 Å². The minimum Gasteiger partial charge on any atom is -0.361 e. The molecule has 3 heterocycles. The minimum atomic E-state index is -0.560. The van der Waals surface area contributed by atoms with Crippen LogP contribution in [0.2, 0.25) is 0 Å². The molecule has 1 aromatic carbocycles. The molecule has 0 aliphatic carbocycles. The van der Waals surface area contributed by atoms with Gasteiger partial charge in [0, 0.05) is 5.69 Å². The molecule has 4 rings (SSSR count). The third kappa shape index (κ3) is 4.62. The standard InChI is InChI=1S/C22H22BrN7O4/c1-12-8-19(30(32)33)26-28(12)11-18-15(4)34-27-21(18)22(31)24-17-7-5-6-16(9-17)10-29-14(3)20(23)13(2)25-29/h5-9H,10-11H2,1-4H3,(H,24,31). The summed E-state index contributed by atoms with van der Waals surface area (Å²) in [5, 5.41) is 26.3. The number of rotatable bonds is 7. The van der Waals surface area contributed by atoms with Crippen LogP contribution in [-0.4, -0.2) is 35.5 Å². The maximum atomic E-state index is 13.0. The summed E-state index contributed by atoms with van der Waals surface area (Å²) < 4.78 is 9.56. The number of hydrogen-bond donors (Lipinski definition) is 1. The lowest BCUT2D eigenvalue weighted by Gasteiger charge is -2.09. The molecular weight excluding hydrogens is 506 g/mol. The lowest BCUT2D eigenvalue weighted by molar-refractivity contribution is -0.389. The number of carbonyl (C=O) groups is 1. The summed E-state index contributed by atoms with van der Waals surface area (Å²) in [6, 6.07) is 8.84. The molecule has 0 saturated heterocycles. The quantitative estimate of drug-likeness (QED) is 0.279. The Morgan fingerprint density at radius 1 is 1.15 bits per heavy atom. The largest absolute Gasteiger partial charge is 0.390 e. The van der Waals surface area contributed by atoms with E-state index in [-0.39, 0.29) is 18.1 Å². The summed E-state index contributed by atoms with van der Waals surface area (Å²) in [5.74, 6) is -0.271. The van der Waals surface area contributed by atoms with Crippen molar-refractivity contribution in [2.45, 2.75) is 40.8 Å². The second-order valence-electron chi connectivity index (χ2n) is 7.92. The predicted molar refractivity (Wildman–Crippen MR) is 127 cm³/mol. The molecule has 0 aliphatic heterocycles. The fourth-order valence-electron chi connectivity index (χ4n) is 3.59. The van der Waals surface area contributed by atoms with Gasteiger partial charge in [0.2, 0.25) is 0 Å². The Kier molecular flexibility index (Phi) is 6.33. The number of hydrogen-bond acceptors (Lipinski definition) is 7. The highest BCUT2D eigenvalue weighted by atomic mass is 79.9. The summed E-state index contributed by atoms with van der Waals surface area (Å²) in [4.78, 5) is 23.5. The molecule has 11 nitrogen and oxygen atoms in total. The second-order valence-corrected chi connectivity index (χ2v) is 8.71. The zero-order chi connectivity index (χ0) is 24.6. The molecule has 0 aliphatic rings. The number of nitrogens with zero attached hydrogens (tertiary/aromatic N) is 6. The van der Waals surface area contributed by atoms with Crippen LogP contribution in [0.15, 0.2) is 39.3 Å². The lowest BCUT2D eigenvalue weighted by atomic mass is 10.1. The van der Waals surface area contributed by atoms with E-state index >= 15 is 0 Å². The SMILES string of the molecule is Cc1nn(Cc2cccc(NC(=O)c3noc(C)c3Cn3nc([N+](=O)[O-])cc3C)c2)c(C)c1Br. The Hall–Kier alpha value is -3.80. The average molecular weight is 528 g/mol. The molecule has 34 heavy (non-hydrogen) atoms. The molecule has 0 atom stereocenters. The van der Waals surface area contributed by atoms with E-state index < -0.39 is 10.8 Å². The first kappa shape index (κ1) is 23.4. The third-order valence-electron chi connectivity index (χ3n) is 5.47. The van der Waals surface area contributed by atoms with Crippen molar-refractivity contribution in [1.82, 2.24) is 24.7 Å². The first-order valence-corrected chi connectivity index (χ1v) is 11.2. The molecule has 0 radical (unpaired) electrons. The molecule has 1 amide bonds. The summed E-state index contributed by atoms with van der Waals surface area (Å²) in [6.07, 6.45) is 0. The van der Waals surface area contributed by atoms with E-state index in [0.29, 0.717) is 29.2 Å². The maximum Gasteiger partial charge on any atom is 0.390 e. The molecule has 4 aromatic rings. The molecule has 176 valence electrons. The van der Waals surface area contributed by atoms with Gasteiger partial charge in [0.25, 0.3) is 5.91 Å². The van der Waals surface area contributed by atoms with E-state index in [2.05, 4.69) is 36.6 Å². The summed E-state index contributed by atoms with van der Waals surface area (Å²) >= 11 is 3.54. The number of nitrogens with one attached hydrogen (secondary N) is 1. The van der Waals surface area contributed by atoms with Gasteiger partial charge >= 0.3 is 5.82 Å². The van der Waals surface area contributed by atoms with Crippen LogP contribution in [0.25, 0.3) is 0 Å². The average Bonchev–Trinajstić information content (AvgIpc) is 3.42. The van der Waals surface area contributed by atoms with Gasteiger partial charge in [-0.3, -0.25) is 9.48 Å². The zero-order valence-corrected chi connectivity index (χ0v) is 20.6. The number of anilines is 1. The molecule has 0 bridgehead atoms. The number of amides is 1. The van der Waals surface area contributed by atoms with Gasteiger partial charge in [0.05, 0.1) is 51.4 Å². The van der Waals surface area contributed by atoms with Crippen molar-refractivity contribution < 1.29 is 14.2 Å².